The summed E-state index contributed by atoms with van der Waals surface area (Å²) in [7, 11) is 0. The molecule has 0 aromatic carbocycles. The number of allylic oxidation sites excluding steroid dienone is 1. The fourth-order valence-electron chi connectivity index (χ4n) is 2.40. The molecule has 0 bridgehead atoms. The van der Waals surface area contributed by atoms with Crippen molar-refractivity contribution in [3.8, 4) is 0 Å². The van der Waals surface area contributed by atoms with E-state index in [9.17, 15) is 5.11 Å². The van der Waals surface area contributed by atoms with Crippen LogP contribution in [0.3, 0.4) is 0 Å². The number of rotatable bonds is 4. The van der Waals surface area contributed by atoms with E-state index in [0.717, 1.165) is 50.4 Å². The maximum absolute atomic E-state index is 9.35. The van der Waals surface area contributed by atoms with Gasteiger partial charge in [-0.05, 0) is 24.8 Å². The number of aliphatic imine (C=N–C) groups is 1. The van der Waals surface area contributed by atoms with Crippen LogP contribution in [0.15, 0.2) is 16.8 Å². The Balaban J connectivity index is 1.91. The molecule has 2 aliphatic rings. The Labute approximate surface area is 119 Å². The van der Waals surface area contributed by atoms with Crippen LogP contribution in [0.2, 0.25) is 0 Å². The van der Waals surface area contributed by atoms with Gasteiger partial charge in [-0.15, -0.1) is 11.6 Å². The van der Waals surface area contributed by atoms with Crippen molar-refractivity contribution in [1.82, 2.24) is 10.2 Å². The van der Waals surface area contributed by atoms with Crippen LogP contribution < -0.4 is 5.32 Å². The molecule has 1 fully saturated rings. The molecular formula is C13H22ClN3O2. The van der Waals surface area contributed by atoms with Crippen LogP contribution in [0.5, 0.6) is 0 Å². The number of alkyl halides is 1. The summed E-state index contributed by atoms with van der Waals surface area (Å²) in [6.07, 6.45) is 3.31. The normalized spacial score (nSPS) is 25.8. The molecule has 2 unspecified atom stereocenters. The second-order valence-electron chi connectivity index (χ2n) is 5.06. The third kappa shape index (κ3) is 4.18. The highest BCUT2D eigenvalue weighted by Gasteiger charge is 2.24. The van der Waals surface area contributed by atoms with Crippen molar-refractivity contribution in [3.63, 3.8) is 0 Å². The molecule has 0 saturated carbocycles. The van der Waals surface area contributed by atoms with Crippen molar-refractivity contribution in [2.75, 3.05) is 32.8 Å². The molecular weight excluding hydrogens is 266 g/mol. The lowest BCUT2D eigenvalue weighted by Crippen LogP contribution is -2.49. The highest BCUT2D eigenvalue weighted by atomic mass is 35.5. The first-order chi connectivity index (χ1) is 9.20. The van der Waals surface area contributed by atoms with E-state index in [1.807, 2.05) is 6.20 Å². The highest BCUT2D eigenvalue weighted by molar-refractivity contribution is 6.32. The van der Waals surface area contributed by atoms with E-state index in [2.05, 4.69) is 15.2 Å². The van der Waals surface area contributed by atoms with Gasteiger partial charge in [0.25, 0.3) is 0 Å². The minimum atomic E-state index is -0.645. The van der Waals surface area contributed by atoms with Crippen molar-refractivity contribution < 1.29 is 10.2 Å². The number of nitrogens with one attached hydrogen (secondary N) is 1. The lowest BCUT2D eigenvalue weighted by Gasteiger charge is -2.33. The van der Waals surface area contributed by atoms with Crippen LogP contribution in [0.4, 0.5) is 0 Å². The number of hydrogen-bond donors (Lipinski definition) is 3. The third-order valence-electron chi connectivity index (χ3n) is 3.55. The van der Waals surface area contributed by atoms with E-state index < -0.39 is 6.10 Å². The summed E-state index contributed by atoms with van der Waals surface area (Å²) in [5.74, 6) is 0.967. The Bertz CT molecular complexity index is 354. The zero-order valence-electron chi connectivity index (χ0n) is 11.1. The molecule has 3 N–H and O–H groups in total. The van der Waals surface area contributed by atoms with E-state index in [1.54, 1.807) is 0 Å². The minimum Gasteiger partial charge on any atom is -0.394 e. The number of amidine groups is 1. The van der Waals surface area contributed by atoms with Gasteiger partial charge in [0.05, 0.1) is 18.1 Å². The molecule has 2 aliphatic heterocycles. The predicted octanol–water partition coefficient (Wildman–Crippen LogP) is 0.319. The molecule has 6 heteroatoms. The number of aliphatic hydroxyl groups is 2. The van der Waals surface area contributed by atoms with Crippen LogP contribution in [0.25, 0.3) is 0 Å². The number of aliphatic hydroxyl groups excluding tert-OH is 2. The maximum Gasteiger partial charge on any atom is 0.123 e. The molecule has 0 aromatic rings. The zero-order chi connectivity index (χ0) is 13.7. The molecule has 2 heterocycles. The monoisotopic (exact) mass is 287 g/mol. The second-order valence-corrected chi connectivity index (χ2v) is 5.59. The van der Waals surface area contributed by atoms with Crippen molar-refractivity contribution in [1.29, 1.82) is 0 Å². The Morgan fingerprint density at radius 2 is 2.21 bits per heavy atom. The number of halogens is 1. The molecule has 2 atom stereocenters. The molecule has 1 saturated heterocycles. The third-order valence-corrected chi connectivity index (χ3v) is 3.90. The van der Waals surface area contributed by atoms with Crippen LogP contribution >= 0.6 is 11.6 Å². The first-order valence-corrected chi connectivity index (χ1v) is 7.28. The lowest BCUT2D eigenvalue weighted by molar-refractivity contribution is 0.0884. The molecule has 0 amide bonds. The largest absolute Gasteiger partial charge is 0.394 e. The quantitative estimate of drug-likeness (QED) is 0.652. The first-order valence-electron chi connectivity index (χ1n) is 6.85. The van der Waals surface area contributed by atoms with Crippen LogP contribution in [-0.4, -0.2) is 65.2 Å². The van der Waals surface area contributed by atoms with Gasteiger partial charge in [-0.3, -0.25) is 0 Å². The number of nitrogens with zero attached hydrogens (tertiary/aromatic N) is 2. The Morgan fingerprint density at radius 1 is 1.47 bits per heavy atom. The predicted molar refractivity (Wildman–Crippen MR) is 76.5 cm³/mol. The Morgan fingerprint density at radius 3 is 2.84 bits per heavy atom. The average Bonchev–Trinajstić information content (AvgIpc) is 2.45. The van der Waals surface area contributed by atoms with Crippen LogP contribution in [-0.2, 0) is 0 Å². The lowest BCUT2D eigenvalue weighted by atomic mass is 10.0. The molecule has 108 valence electrons. The summed E-state index contributed by atoms with van der Waals surface area (Å²) in [5.41, 5.74) is 1.14. The molecule has 0 spiro atoms. The standard InChI is InChI=1S/C13H22ClN3O2/c14-12-7-10(1-2-11(19)9-18)8-16-13(12)17-5-3-15-4-6-17/h8,11-12,15,18-19H,1-7,9H2. The Hall–Kier alpha value is -0.620. The summed E-state index contributed by atoms with van der Waals surface area (Å²) < 4.78 is 0. The van der Waals surface area contributed by atoms with E-state index >= 15 is 0 Å². The molecule has 5 nitrogen and oxygen atoms in total. The SMILES string of the molecule is OCC(O)CCC1=CN=C(N2CCNCC2)C(Cl)C1. The van der Waals surface area contributed by atoms with Gasteiger partial charge < -0.3 is 20.4 Å². The van der Waals surface area contributed by atoms with Gasteiger partial charge >= 0.3 is 0 Å². The topological polar surface area (TPSA) is 68.1 Å². The average molecular weight is 288 g/mol. The van der Waals surface area contributed by atoms with Gasteiger partial charge in [-0.25, -0.2) is 4.99 Å². The Kier molecular flexibility index (Phi) is 5.63. The molecule has 0 aromatic heterocycles. The maximum atomic E-state index is 9.35. The number of piperazine rings is 1. The van der Waals surface area contributed by atoms with Gasteiger partial charge in [0.2, 0.25) is 0 Å². The smallest absolute Gasteiger partial charge is 0.123 e. The van der Waals surface area contributed by atoms with Crippen molar-refractivity contribution in [2.45, 2.75) is 30.7 Å². The van der Waals surface area contributed by atoms with E-state index in [1.165, 1.54) is 0 Å². The van der Waals surface area contributed by atoms with Gasteiger partial charge in [-0.1, -0.05) is 0 Å². The first kappa shape index (κ1) is 14.8. The summed E-state index contributed by atoms with van der Waals surface area (Å²) in [6.45, 7) is 3.67. The molecule has 19 heavy (non-hydrogen) atoms. The van der Waals surface area contributed by atoms with Crippen molar-refractivity contribution in [3.05, 3.63) is 11.8 Å². The molecule has 0 aliphatic carbocycles. The highest BCUT2D eigenvalue weighted by Crippen LogP contribution is 2.24. The van der Waals surface area contributed by atoms with E-state index in [0.29, 0.717) is 6.42 Å². The number of hydrogen-bond acceptors (Lipinski definition) is 5. The summed E-state index contributed by atoms with van der Waals surface area (Å²) in [6, 6.07) is 0. The summed E-state index contributed by atoms with van der Waals surface area (Å²) in [5, 5.41) is 21.4. The van der Waals surface area contributed by atoms with Crippen molar-refractivity contribution >= 4 is 17.4 Å². The molecule has 0 radical (unpaired) electrons. The zero-order valence-corrected chi connectivity index (χ0v) is 11.8. The summed E-state index contributed by atoms with van der Waals surface area (Å²) >= 11 is 6.41. The van der Waals surface area contributed by atoms with Gasteiger partial charge in [0.15, 0.2) is 0 Å². The summed E-state index contributed by atoms with van der Waals surface area (Å²) in [4.78, 5) is 6.74. The van der Waals surface area contributed by atoms with Crippen molar-refractivity contribution in [2.24, 2.45) is 4.99 Å². The minimum absolute atomic E-state index is 0.0793. The fraction of sp³-hybridized carbons (Fsp3) is 0.769. The van der Waals surface area contributed by atoms with Gasteiger partial charge in [-0.2, -0.15) is 0 Å². The van der Waals surface area contributed by atoms with Crippen LogP contribution in [0.1, 0.15) is 19.3 Å². The second kappa shape index (κ2) is 7.24. The van der Waals surface area contributed by atoms with Gasteiger partial charge in [0, 0.05) is 32.4 Å². The van der Waals surface area contributed by atoms with E-state index in [-0.39, 0.29) is 12.0 Å². The molecule has 2 rings (SSSR count). The van der Waals surface area contributed by atoms with Gasteiger partial charge in [0.1, 0.15) is 5.84 Å². The fourth-order valence-corrected chi connectivity index (χ4v) is 2.79. The van der Waals surface area contributed by atoms with Crippen LogP contribution in [0, 0.1) is 0 Å². The van der Waals surface area contributed by atoms with E-state index in [4.69, 9.17) is 16.7 Å².